The van der Waals surface area contributed by atoms with Crippen molar-refractivity contribution in [2.75, 3.05) is 6.61 Å². The van der Waals surface area contributed by atoms with Gasteiger partial charge in [0.15, 0.2) is 5.69 Å². The Kier molecular flexibility index (Phi) is 4.39. The molecule has 0 fully saturated rings. The van der Waals surface area contributed by atoms with E-state index >= 15 is 0 Å². The Labute approximate surface area is 124 Å². The van der Waals surface area contributed by atoms with Gasteiger partial charge in [-0.15, -0.1) is 0 Å². The number of pyridine rings is 1. The topological polar surface area (TPSA) is 66.1 Å². The zero-order valence-corrected chi connectivity index (χ0v) is 12.8. The van der Waals surface area contributed by atoms with Gasteiger partial charge in [0.2, 0.25) is 0 Å². The van der Waals surface area contributed by atoms with E-state index in [-0.39, 0.29) is 17.8 Å². The highest BCUT2D eigenvalue weighted by atomic mass is 79.9. The summed E-state index contributed by atoms with van der Waals surface area (Å²) in [6.07, 6.45) is 1.69. The number of halogens is 1. The molecule has 0 saturated carbocycles. The standard InChI is InChI=1S/C13H14BrN3O3/c1-3-20-13(19)10-7-11(14)17(15-10)8-9-5-4-6-16(2)12(9)18/h4-7H,3,8H2,1-2H3. The molecule has 0 aliphatic rings. The maximum absolute atomic E-state index is 11.9. The van der Waals surface area contributed by atoms with Crippen molar-refractivity contribution in [2.24, 2.45) is 7.05 Å². The number of ether oxygens (including phenoxy) is 1. The maximum atomic E-state index is 11.9. The van der Waals surface area contributed by atoms with E-state index in [1.807, 2.05) is 0 Å². The van der Waals surface area contributed by atoms with Crippen molar-refractivity contribution in [3.8, 4) is 0 Å². The Morgan fingerprint density at radius 2 is 2.25 bits per heavy atom. The second-order valence-corrected chi connectivity index (χ2v) is 4.99. The average Bonchev–Trinajstić information content (AvgIpc) is 2.77. The number of carbonyl (C=O) groups is 1. The van der Waals surface area contributed by atoms with Gasteiger partial charge in [0, 0.05) is 24.9 Å². The second kappa shape index (κ2) is 6.04. The van der Waals surface area contributed by atoms with E-state index in [0.717, 1.165) is 0 Å². The fourth-order valence-corrected chi connectivity index (χ4v) is 2.17. The molecular formula is C13H14BrN3O3. The largest absolute Gasteiger partial charge is 0.461 e. The van der Waals surface area contributed by atoms with Gasteiger partial charge in [-0.05, 0) is 28.9 Å². The first-order chi connectivity index (χ1) is 9.52. The Hall–Kier alpha value is -1.89. The van der Waals surface area contributed by atoms with Crippen LogP contribution in [-0.4, -0.2) is 26.9 Å². The summed E-state index contributed by atoms with van der Waals surface area (Å²) >= 11 is 3.32. The normalized spacial score (nSPS) is 10.6. The number of esters is 1. The molecule has 0 amide bonds. The average molecular weight is 340 g/mol. The van der Waals surface area contributed by atoms with Gasteiger partial charge in [-0.25, -0.2) is 4.79 Å². The maximum Gasteiger partial charge on any atom is 0.358 e. The molecule has 2 rings (SSSR count). The quantitative estimate of drug-likeness (QED) is 0.793. The predicted octanol–water partition coefficient (Wildman–Crippen LogP) is 1.57. The molecular weight excluding hydrogens is 326 g/mol. The summed E-state index contributed by atoms with van der Waals surface area (Å²) in [5.74, 6) is -0.479. The number of aryl methyl sites for hydroxylation is 1. The number of rotatable bonds is 4. The fraction of sp³-hybridized carbons (Fsp3) is 0.308. The van der Waals surface area contributed by atoms with Gasteiger partial charge in [0.25, 0.3) is 5.56 Å². The molecule has 6 nitrogen and oxygen atoms in total. The van der Waals surface area contributed by atoms with Gasteiger partial charge in [-0.3, -0.25) is 9.48 Å². The van der Waals surface area contributed by atoms with Crippen LogP contribution in [0.4, 0.5) is 0 Å². The number of carbonyl (C=O) groups excluding carboxylic acids is 1. The minimum absolute atomic E-state index is 0.0902. The number of aromatic nitrogens is 3. The van der Waals surface area contributed by atoms with E-state index in [1.54, 1.807) is 43.0 Å². The lowest BCUT2D eigenvalue weighted by Crippen LogP contribution is -2.22. The highest BCUT2D eigenvalue weighted by Crippen LogP contribution is 2.14. The smallest absolute Gasteiger partial charge is 0.358 e. The zero-order valence-electron chi connectivity index (χ0n) is 11.2. The van der Waals surface area contributed by atoms with Crippen molar-refractivity contribution in [3.05, 3.63) is 50.6 Å². The van der Waals surface area contributed by atoms with Crippen LogP contribution in [0.3, 0.4) is 0 Å². The molecule has 0 aliphatic heterocycles. The van der Waals surface area contributed by atoms with Crippen LogP contribution in [0.25, 0.3) is 0 Å². The Morgan fingerprint density at radius 1 is 1.50 bits per heavy atom. The molecule has 20 heavy (non-hydrogen) atoms. The Morgan fingerprint density at radius 3 is 2.95 bits per heavy atom. The van der Waals surface area contributed by atoms with Gasteiger partial charge < -0.3 is 9.30 Å². The second-order valence-electron chi connectivity index (χ2n) is 4.18. The van der Waals surface area contributed by atoms with Gasteiger partial charge >= 0.3 is 5.97 Å². The monoisotopic (exact) mass is 339 g/mol. The molecule has 0 radical (unpaired) electrons. The minimum atomic E-state index is -0.479. The third-order valence-electron chi connectivity index (χ3n) is 2.74. The van der Waals surface area contributed by atoms with E-state index in [9.17, 15) is 9.59 Å². The lowest BCUT2D eigenvalue weighted by atomic mass is 10.3. The van der Waals surface area contributed by atoms with Gasteiger partial charge in [-0.2, -0.15) is 5.10 Å². The van der Waals surface area contributed by atoms with E-state index < -0.39 is 5.97 Å². The SMILES string of the molecule is CCOC(=O)c1cc(Br)n(Cc2cccn(C)c2=O)n1. The first kappa shape index (κ1) is 14.5. The molecule has 2 aromatic heterocycles. The lowest BCUT2D eigenvalue weighted by molar-refractivity contribution is 0.0518. The van der Waals surface area contributed by atoms with Crippen molar-refractivity contribution in [2.45, 2.75) is 13.5 Å². The van der Waals surface area contributed by atoms with Gasteiger partial charge in [0.05, 0.1) is 13.2 Å². The number of nitrogens with zero attached hydrogens (tertiary/aromatic N) is 3. The summed E-state index contributed by atoms with van der Waals surface area (Å²) in [5.41, 5.74) is 0.716. The summed E-state index contributed by atoms with van der Waals surface area (Å²) in [5, 5.41) is 4.14. The summed E-state index contributed by atoms with van der Waals surface area (Å²) < 4.78 is 8.55. The zero-order chi connectivity index (χ0) is 14.7. The van der Waals surface area contributed by atoms with Gasteiger partial charge in [-0.1, -0.05) is 6.07 Å². The molecule has 7 heteroatoms. The molecule has 0 spiro atoms. The summed E-state index contributed by atoms with van der Waals surface area (Å²) in [6, 6.07) is 5.10. The molecule has 2 aromatic rings. The van der Waals surface area contributed by atoms with Crippen molar-refractivity contribution in [1.29, 1.82) is 0 Å². The third kappa shape index (κ3) is 2.98. The Balaban J connectivity index is 2.28. The van der Waals surface area contributed by atoms with Crippen LogP contribution < -0.4 is 5.56 Å². The molecule has 2 heterocycles. The van der Waals surface area contributed by atoms with Crippen molar-refractivity contribution in [1.82, 2.24) is 14.3 Å². The van der Waals surface area contributed by atoms with Crippen molar-refractivity contribution >= 4 is 21.9 Å². The first-order valence-corrected chi connectivity index (χ1v) is 6.87. The molecule has 0 N–H and O–H groups in total. The van der Waals surface area contributed by atoms with Crippen LogP contribution in [0.5, 0.6) is 0 Å². The van der Waals surface area contributed by atoms with Crippen LogP contribution in [0.1, 0.15) is 23.0 Å². The van der Waals surface area contributed by atoms with E-state index in [1.165, 1.54) is 4.57 Å². The van der Waals surface area contributed by atoms with E-state index in [4.69, 9.17) is 4.74 Å². The fourth-order valence-electron chi connectivity index (χ4n) is 1.75. The van der Waals surface area contributed by atoms with Crippen molar-refractivity contribution in [3.63, 3.8) is 0 Å². The van der Waals surface area contributed by atoms with Gasteiger partial charge in [0.1, 0.15) is 4.60 Å². The predicted molar refractivity (Wildman–Crippen MR) is 76.7 cm³/mol. The molecule has 0 atom stereocenters. The first-order valence-electron chi connectivity index (χ1n) is 6.08. The van der Waals surface area contributed by atoms with E-state index in [2.05, 4.69) is 21.0 Å². The van der Waals surface area contributed by atoms with E-state index in [0.29, 0.717) is 16.8 Å². The van der Waals surface area contributed by atoms with Crippen LogP contribution in [0, 0.1) is 0 Å². The minimum Gasteiger partial charge on any atom is -0.461 e. The summed E-state index contributed by atoms with van der Waals surface area (Å²) in [6.45, 7) is 2.31. The highest BCUT2D eigenvalue weighted by molar-refractivity contribution is 9.10. The van der Waals surface area contributed by atoms with Crippen LogP contribution in [-0.2, 0) is 18.3 Å². The highest BCUT2D eigenvalue weighted by Gasteiger charge is 2.14. The molecule has 0 bridgehead atoms. The summed E-state index contributed by atoms with van der Waals surface area (Å²) in [7, 11) is 1.69. The number of hydrogen-bond acceptors (Lipinski definition) is 4. The Bertz CT molecular complexity index is 690. The van der Waals surface area contributed by atoms with Crippen LogP contribution >= 0.6 is 15.9 Å². The third-order valence-corrected chi connectivity index (χ3v) is 3.38. The van der Waals surface area contributed by atoms with Crippen LogP contribution in [0.2, 0.25) is 0 Å². The molecule has 0 aliphatic carbocycles. The molecule has 0 unspecified atom stereocenters. The van der Waals surface area contributed by atoms with Crippen molar-refractivity contribution < 1.29 is 9.53 Å². The molecule has 106 valence electrons. The lowest BCUT2D eigenvalue weighted by Gasteiger charge is -2.04. The number of hydrogen-bond donors (Lipinski definition) is 0. The summed E-state index contributed by atoms with van der Waals surface area (Å²) in [4.78, 5) is 23.5. The molecule has 0 saturated heterocycles. The molecule has 0 aromatic carbocycles. The van der Waals surface area contributed by atoms with Crippen LogP contribution in [0.15, 0.2) is 33.8 Å².